The maximum absolute atomic E-state index is 13.1. The number of alkyl halides is 3. The summed E-state index contributed by atoms with van der Waals surface area (Å²) in [5.41, 5.74) is 1.40. The number of hydrogen-bond donors (Lipinski definition) is 1. The van der Waals surface area contributed by atoms with E-state index in [2.05, 4.69) is 15.4 Å². The van der Waals surface area contributed by atoms with Crippen molar-refractivity contribution in [2.75, 3.05) is 11.9 Å². The fraction of sp³-hybridized carbons (Fsp3) is 0.167. The molecule has 0 aliphatic rings. The van der Waals surface area contributed by atoms with Crippen LogP contribution < -0.4 is 10.1 Å². The summed E-state index contributed by atoms with van der Waals surface area (Å²) in [5.74, 6) is 0.316. The Labute approximate surface area is 223 Å². The van der Waals surface area contributed by atoms with Crippen LogP contribution in [0.15, 0.2) is 91.0 Å². The number of amides is 1. The number of carbonyl (C=O) groups is 1. The zero-order chi connectivity index (χ0) is 27.6. The number of fused-ring (bicyclic) bond motifs is 1. The molecule has 0 unspecified atom stereocenters. The summed E-state index contributed by atoms with van der Waals surface area (Å²) in [5, 5.41) is 9.35. The lowest BCUT2D eigenvalue weighted by molar-refractivity contribution is -0.137. The molecule has 0 radical (unpaired) electrons. The second-order valence-corrected chi connectivity index (χ2v) is 9.47. The van der Waals surface area contributed by atoms with Crippen LogP contribution in [-0.2, 0) is 6.18 Å². The number of rotatable bonds is 7. The minimum Gasteiger partial charge on any atom is -0.462 e. The quantitative estimate of drug-likeness (QED) is 0.238. The average molecular weight is 531 g/mol. The van der Waals surface area contributed by atoms with E-state index in [0.29, 0.717) is 34.9 Å². The van der Waals surface area contributed by atoms with Crippen LogP contribution >= 0.6 is 0 Å². The second-order valence-electron chi connectivity index (χ2n) is 9.47. The SMILES string of the molecule is CC(C)COc1nc(-c2ccc(C(F)(F)F)cc2)n(-c2ccc(NC(=O)c3ccc4ccccc4c3)cc2)n1. The molecular formula is C30H25F3N4O2. The molecule has 198 valence electrons. The fourth-order valence-corrected chi connectivity index (χ4v) is 3.99. The van der Waals surface area contributed by atoms with Crippen molar-refractivity contribution in [2.45, 2.75) is 20.0 Å². The average Bonchev–Trinajstić information content (AvgIpc) is 3.36. The standard InChI is InChI=1S/C30H25F3N4O2/c1-19(2)18-39-29-35-27(21-9-11-24(12-10-21)30(31,32)33)37(36-29)26-15-13-25(14-16-26)34-28(38)23-8-7-20-5-3-4-6-22(20)17-23/h3-17,19H,18H2,1-2H3,(H,34,38). The van der Waals surface area contributed by atoms with Crippen LogP contribution in [0.25, 0.3) is 27.8 Å². The number of carbonyl (C=O) groups excluding carboxylic acids is 1. The van der Waals surface area contributed by atoms with Crippen molar-refractivity contribution < 1.29 is 22.7 Å². The molecule has 0 bridgehead atoms. The van der Waals surface area contributed by atoms with Crippen molar-refractivity contribution in [1.82, 2.24) is 14.8 Å². The largest absolute Gasteiger partial charge is 0.462 e. The minimum absolute atomic E-state index is 0.118. The Kier molecular flexibility index (Phi) is 7.06. The van der Waals surface area contributed by atoms with E-state index in [1.807, 2.05) is 50.2 Å². The molecule has 0 atom stereocenters. The van der Waals surface area contributed by atoms with Crippen LogP contribution in [0.3, 0.4) is 0 Å². The first-order valence-electron chi connectivity index (χ1n) is 12.4. The van der Waals surface area contributed by atoms with E-state index in [1.54, 1.807) is 30.3 Å². The monoisotopic (exact) mass is 530 g/mol. The number of ether oxygens (including phenoxy) is 1. The van der Waals surface area contributed by atoms with Gasteiger partial charge in [-0.25, -0.2) is 4.68 Å². The maximum Gasteiger partial charge on any atom is 0.416 e. The third-order valence-electron chi connectivity index (χ3n) is 5.99. The van der Waals surface area contributed by atoms with Crippen molar-refractivity contribution in [3.8, 4) is 23.1 Å². The molecular weight excluding hydrogens is 505 g/mol. The van der Waals surface area contributed by atoms with E-state index in [4.69, 9.17) is 4.74 Å². The summed E-state index contributed by atoms with van der Waals surface area (Å²) in [7, 11) is 0. The number of benzene rings is 4. The van der Waals surface area contributed by atoms with Gasteiger partial charge in [0.1, 0.15) is 0 Å². The first-order valence-corrected chi connectivity index (χ1v) is 12.4. The first-order chi connectivity index (χ1) is 18.7. The molecule has 0 aliphatic carbocycles. The van der Waals surface area contributed by atoms with Gasteiger partial charge in [-0.05, 0) is 65.2 Å². The molecule has 9 heteroatoms. The molecule has 1 N–H and O–H groups in total. The fourth-order valence-electron chi connectivity index (χ4n) is 3.99. The van der Waals surface area contributed by atoms with Gasteiger partial charge in [-0.15, -0.1) is 5.10 Å². The van der Waals surface area contributed by atoms with Crippen molar-refractivity contribution in [3.05, 3.63) is 102 Å². The number of nitrogens with one attached hydrogen (secondary N) is 1. The minimum atomic E-state index is -4.44. The van der Waals surface area contributed by atoms with Crippen molar-refractivity contribution in [1.29, 1.82) is 0 Å². The lowest BCUT2D eigenvalue weighted by Crippen LogP contribution is -2.12. The van der Waals surface area contributed by atoms with Gasteiger partial charge in [0.05, 0.1) is 17.9 Å². The molecule has 0 fully saturated rings. The van der Waals surface area contributed by atoms with E-state index in [0.717, 1.165) is 22.9 Å². The topological polar surface area (TPSA) is 69.0 Å². The summed E-state index contributed by atoms with van der Waals surface area (Å²) in [6, 6.07) is 25.1. The third kappa shape index (κ3) is 5.93. The Hall–Kier alpha value is -4.66. The Bertz CT molecular complexity index is 1610. The van der Waals surface area contributed by atoms with Gasteiger partial charge in [-0.3, -0.25) is 4.79 Å². The van der Waals surface area contributed by atoms with Crippen LogP contribution in [-0.4, -0.2) is 27.3 Å². The van der Waals surface area contributed by atoms with Crippen molar-refractivity contribution in [3.63, 3.8) is 0 Å². The predicted octanol–water partition coefficient (Wildman–Crippen LogP) is 7.39. The van der Waals surface area contributed by atoms with E-state index in [1.165, 1.54) is 16.8 Å². The van der Waals surface area contributed by atoms with E-state index in [9.17, 15) is 18.0 Å². The van der Waals surface area contributed by atoms with Gasteiger partial charge in [0.15, 0.2) is 5.82 Å². The van der Waals surface area contributed by atoms with Gasteiger partial charge >= 0.3 is 12.2 Å². The summed E-state index contributed by atoms with van der Waals surface area (Å²) in [6.45, 7) is 4.35. The normalized spacial score (nSPS) is 11.6. The zero-order valence-corrected chi connectivity index (χ0v) is 21.2. The highest BCUT2D eigenvalue weighted by Crippen LogP contribution is 2.32. The molecule has 0 spiro atoms. The number of aromatic nitrogens is 3. The highest BCUT2D eigenvalue weighted by atomic mass is 19.4. The van der Waals surface area contributed by atoms with Crippen molar-refractivity contribution >= 4 is 22.4 Å². The first kappa shape index (κ1) is 26.0. The number of nitrogens with zero attached hydrogens (tertiary/aromatic N) is 3. The van der Waals surface area contributed by atoms with Crippen molar-refractivity contribution in [2.24, 2.45) is 5.92 Å². The lowest BCUT2D eigenvalue weighted by atomic mass is 10.1. The highest BCUT2D eigenvalue weighted by Gasteiger charge is 2.30. The zero-order valence-electron chi connectivity index (χ0n) is 21.2. The molecule has 1 heterocycles. The molecule has 6 nitrogen and oxygen atoms in total. The third-order valence-corrected chi connectivity index (χ3v) is 5.99. The van der Waals surface area contributed by atoms with Gasteiger partial charge < -0.3 is 10.1 Å². The molecule has 5 aromatic rings. The Morgan fingerprint density at radius 1 is 0.923 bits per heavy atom. The van der Waals surface area contributed by atoms with Crippen LogP contribution in [0.1, 0.15) is 29.8 Å². The Morgan fingerprint density at radius 3 is 2.28 bits per heavy atom. The van der Waals surface area contributed by atoms with Crippen LogP contribution in [0.2, 0.25) is 0 Å². The molecule has 39 heavy (non-hydrogen) atoms. The molecule has 0 saturated heterocycles. The smallest absolute Gasteiger partial charge is 0.416 e. The van der Waals surface area contributed by atoms with E-state index >= 15 is 0 Å². The highest BCUT2D eigenvalue weighted by molar-refractivity contribution is 6.06. The molecule has 1 amide bonds. The Balaban J connectivity index is 1.40. The van der Waals surface area contributed by atoms with Crippen LogP contribution in [0.4, 0.5) is 18.9 Å². The van der Waals surface area contributed by atoms with Gasteiger partial charge in [-0.2, -0.15) is 18.2 Å². The predicted molar refractivity (Wildman–Crippen MR) is 144 cm³/mol. The molecule has 5 rings (SSSR count). The van der Waals surface area contributed by atoms with E-state index in [-0.39, 0.29) is 17.8 Å². The molecule has 0 aliphatic heterocycles. The van der Waals surface area contributed by atoms with Gasteiger partial charge in [0.2, 0.25) is 0 Å². The lowest BCUT2D eigenvalue weighted by Gasteiger charge is -2.10. The van der Waals surface area contributed by atoms with Crippen LogP contribution in [0, 0.1) is 5.92 Å². The van der Waals surface area contributed by atoms with Gasteiger partial charge in [0, 0.05) is 16.8 Å². The summed E-state index contributed by atoms with van der Waals surface area (Å²) < 4.78 is 46.4. The second kappa shape index (κ2) is 10.6. The molecule has 1 aromatic heterocycles. The van der Waals surface area contributed by atoms with Gasteiger partial charge in [0.25, 0.3) is 5.91 Å². The summed E-state index contributed by atoms with van der Waals surface area (Å²) in [4.78, 5) is 17.3. The number of anilines is 1. The Morgan fingerprint density at radius 2 is 1.62 bits per heavy atom. The van der Waals surface area contributed by atoms with Crippen LogP contribution in [0.5, 0.6) is 6.01 Å². The summed E-state index contributed by atoms with van der Waals surface area (Å²) >= 11 is 0. The molecule has 4 aromatic carbocycles. The number of hydrogen-bond acceptors (Lipinski definition) is 4. The molecule has 0 saturated carbocycles. The van der Waals surface area contributed by atoms with E-state index < -0.39 is 11.7 Å². The maximum atomic E-state index is 13.1. The summed E-state index contributed by atoms with van der Waals surface area (Å²) in [6.07, 6.45) is -4.44. The van der Waals surface area contributed by atoms with Gasteiger partial charge in [-0.1, -0.05) is 56.3 Å². The number of halogens is 3.